The lowest BCUT2D eigenvalue weighted by Gasteiger charge is -2.29. The lowest BCUT2D eigenvalue weighted by atomic mass is 9.91. The van der Waals surface area contributed by atoms with E-state index in [1.807, 2.05) is 0 Å². The number of alkyl carbamates (subject to hydrolysis) is 1. The first-order valence-corrected chi connectivity index (χ1v) is 9.49. The molecule has 9 heteroatoms. The maximum atomic E-state index is 12.9. The monoisotopic (exact) mass is 433 g/mol. The minimum absolute atomic E-state index is 0.248. The van der Waals surface area contributed by atoms with Crippen LogP contribution in [0.5, 0.6) is 0 Å². The van der Waals surface area contributed by atoms with Gasteiger partial charge in [0.2, 0.25) is 0 Å². The fourth-order valence-corrected chi connectivity index (χ4v) is 2.48. The van der Waals surface area contributed by atoms with E-state index in [4.69, 9.17) is 9.47 Å². The predicted molar refractivity (Wildman–Crippen MR) is 105 cm³/mol. The van der Waals surface area contributed by atoms with Crippen LogP contribution in [0.15, 0.2) is 24.3 Å². The Kier molecular flexibility index (Phi) is 8.31. The molecule has 1 aromatic rings. The van der Waals surface area contributed by atoms with Gasteiger partial charge in [-0.25, -0.2) is 4.79 Å². The van der Waals surface area contributed by atoms with Gasteiger partial charge in [0.1, 0.15) is 12.2 Å². The summed E-state index contributed by atoms with van der Waals surface area (Å²) < 4.78 is 49.1. The standard InChI is InChI=1S/C21H30F3NO5/c1-19(2,3)17(27)29-12-15(13-7-9-14(10-8-13)21(22,23)24)16(11-26)25-18(28)30-20(4,5)6/h7-10,15-16,26H,11-12H2,1-6H3,(H,25,28)/t15-,16+/m1/s1. The van der Waals surface area contributed by atoms with E-state index in [0.717, 1.165) is 12.1 Å². The van der Waals surface area contributed by atoms with Crippen LogP contribution in [0.25, 0.3) is 0 Å². The summed E-state index contributed by atoms with van der Waals surface area (Å²) in [6, 6.07) is 3.31. The second kappa shape index (κ2) is 9.68. The largest absolute Gasteiger partial charge is 0.465 e. The smallest absolute Gasteiger partial charge is 0.416 e. The van der Waals surface area contributed by atoms with E-state index >= 15 is 0 Å². The zero-order valence-corrected chi connectivity index (χ0v) is 18.1. The molecule has 0 unspecified atom stereocenters. The summed E-state index contributed by atoms with van der Waals surface area (Å²) in [6.07, 6.45) is -5.31. The molecule has 0 heterocycles. The van der Waals surface area contributed by atoms with Crippen LogP contribution in [-0.2, 0) is 20.4 Å². The summed E-state index contributed by atoms with van der Waals surface area (Å²) in [5, 5.41) is 12.3. The third-order valence-electron chi connectivity index (χ3n) is 4.06. The molecule has 0 aromatic heterocycles. The summed E-state index contributed by atoms with van der Waals surface area (Å²) in [6.45, 7) is 9.18. The average molecular weight is 433 g/mol. The molecule has 1 aromatic carbocycles. The van der Waals surface area contributed by atoms with E-state index in [1.54, 1.807) is 41.5 Å². The molecule has 2 atom stereocenters. The Hall–Kier alpha value is -2.29. The molecule has 0 aliphatic heterocycles. The van der Waals surface area contributed by atoms with Crippen molar-refractivity contribution in [3.8, 4) is 0 Å². The maximum Gasteiger partial charge on any atom is 0.416 e. The molecule has 0 saturated heterocycles. The van der Waals surface area contributed by atoms with E-state index < -0.39 is 53.4 Å². The van der Waals surface area contributed by atoms with E-state index in [0.29, 0.717) is 5.56 Å². The van der Waals surface area contributed by atoms with E-state index in [9.17, 15) is 27.9 Å². The number of rotatable bonds is 6. The molecule has 30 heavy (non-hydrogen) atoms. The van der Waals surface area contributed by atoms with E-state index in [-0.39, 0.29) is 6.61 Å². The summed E-state index contributed by atoms with van der Waals surface area (Å²) in [5.41, 5.74) is -2.05. The van der Waals surface area contributed by atoms with Crippen molar-refractivity contribution < 1.29 is 37.3 Å². The number of hydrogen-bond acceptors (Lipinski definition) is 5. The Morgan fingerprint density at radius 3 is 1.97 bits per heavy atom. The highest BCUT2D eigenvalue weighted by Crippen LogP contribution is 2.31. The molecule has 0 spiro atoms. The third-order valence-corrected chi connectivity index (χ3v) is 4.06. The van der Waals surface area contributed by atoms with Gasteiger partial charge in [-0.2, -0.15) is 13.2 Å². The zero-order valence-electron chi connectivity index (χ0n) is 18.1. The highest BCUT2D eigenvalue weighted by Gasteiger charge is 2.33. The van der Waals surface area contributed by atoms with Gasteiger partial charge in [0.25, 0.3) is 0 Å². The fraction of sp³-hybridized carbons (Fsp3) is 0.619. The van der Waals surface area contributed by atoms with Crippen molar-refractivity contribution in [1.29, 1.82) is 0 Å². The van der Waals surface area contributed by atoms with Gasteiger partial charge >= 0.3 is 18.2 Å². The number of ether oxygens (including phenoxy) is 2. The number of alkyl halides is 3. The third kappa shape index (κ3) is 8.22. The number of amides is 1. The molecular formula is C21H30F3NO5. The molecule has 0 radical (unpaired) electrons. The first-order chi connectivity index (χ1) is 13.5. The van der Waals surface area contributed by atoms with Crippen LogP contribution >= 0.6 is 0 Å². The van der Waals surface area contributed by atoms with Crippen LogP contribution in [0.3, 0.4) is 0 Å². The van der Waals surface area contributed by atoms with Gasteiger partial charge in [0.15, 0.2) is 0 Å². The molecule has 0 aliphatic rings. The predicted octanol–water partition coefficient (Wildman–Crippen LogP) is 4.26. The van der Waals surface area contributed by atoms with Crippen LogP contribution in [0.1, 0.15) is 58.6 Å². The number of esters is 1. The maximum absolute atomic E-state index is 12.9. The highest BCUT2D eigenvalue weighted by atomic mass is 19.4. The van der Waals surface area contributed by atoms with E-state index in [1.165, 1.54) is 12.1 Å². The molecule has 0 bridgehead atoms. The quantitative estimate of drug-likeness (QED) is 0.655. The van der Waals surface area contributed by atoms with Crippen molar-refractivity contribution in [3.05, 3.63) is 35.4 Å². The summed E-state index contributed by atoms with van der Waals surface area (Å²) in [4.78, 5) is 24.3. The van der Waals surface area contributed by atoms with Crippen molar-refractivity contribution in [2.45, 2.75) is 65.3 Å². The van der Waals surface area contributed by atoms with Crippen LogP contribution in [0.2, 0.25) is 0 Å². The van der Waals surface area contributed by atoms with Crippen LogP contribution in [-0.4, -0.2) is 42.0 Å². The Bertz CT molecular complexity index is 718. The van der Waals surface area contributed by atoms with Gasteiger partial charge < -0.3 is 19.9 Å². The number of aliphatic hydroxyl groups is 1. The molecule has 1 amide bonds. The highest BCUT2D eigenvalue weighted by molar-refractivity contribution is 5.75. The molecule has 0 aliphatic carbocycles. The van der Waals surface area contributed by atoms with Gasteiger partial charge in [0.05, 0.1) is 23.6 Å². The van der Waals surface area contributed by atoms with Gasteiger partial charge in [-0.05, 0) is 59.2 Å². The number of hydrogen-bond donors (Lipinski definition) is 2. The fourth-order valence-electron chi connectivity index (χ4n) is 2.48. The van der Waals surface area contributed by atoms with Gasteiger partial charge in [-0.3, -0.25) is 4.79 Å². The zero-order chi connectivity index (χ0) is 23.3. The number of carbonyl (C=O) groups excluding carboxylic acids is 2. The second-order valence-electron chi connectivity index (χ2n) is 9.01. The lowest BCUT2D eigenvalue weighted by Crippen LogP contribution is -2.45. The Morgan fingerprint density at radius 2 is 1.57 bits per heavy atom. The first kappa shape index (κ1) is 25.7. The topological polar surface area (TPSA) is 84.9 Å². The van der Waals surface area contributed by atoms with Gasteiger partial charge in [0, 0.05) is 5.92 Å². The summed E-state index contributed by atoms with van der Waals surface area (Å²) >= 11 is 0. The normalized spacial score (nSPS) is 14.6. The summed E-state index contributed by atoms with van der Waals surface area (Å²) in [5.74, 6) is -1.32. The van der Waals surface area contributed by atoms with E-state index in [2.05, 4.69) is 5.32 Å². The van der Waals surface area contributed by atoms with Crippen molar-refractivity contribution in [2.75, 3.05) is 13.2 Å². The minimum Gasteiger partial charge on any atom is -0.465 e. The first-order valence-electron chi connectivity index (χ1n) is 9.49. The number of carbonyl (C=O) groups is 2. The Labute approximate surface area is 174 Å². The SMILES string of the molecule is CC(C)(C)OC(=O)N[C@@H](CO)[C@H](COC(=O)C(C)(C)C)c1ccc(C(F)(F)F)cc1. The van der Waals surface area contributed by atoms with Crippen LogP contribution in [0.4, 0.5) is 18.0 Å². The minimum atomic E-state index is -4.50. The molecular weight excluding hydrogens is 403 g/mol. The average Bonchev–Trinajstić information content (AvgIpc) is 2.57. The Balaban J connectivity index is 3.14. The van der Waals surface area contributed by atoms with Gasteiger partial charge in [-0.15, -0.1) is 0 Å². The second-order valence-corrected chi connectivity index (χ2v) is 9.01. The lowest BCUT2D eigenvalue weighted by molar-refractivity contribution is -0.153. The molecule has 2 N–H and O–H groups in total. The number of benzene rings is 1. The van der Waals surface area contributed by atoms with Crippen molar-refractivity contribution in [3.63, 3.8) is 0 Å². The number of aliphatic hydroxyl groups excluding tert-OH is 1. The number of halogens is 3. The van der Waals surface area contributed by atoms with Crippen molar-refractivity contribution >= 4 is 12.1 Å². The molecule has 1 rings (SSSR count). The van der Waals surface area contributed by atoms with Crippen molar-refractivity contribution in [2.24, 2.45) is 5.41 Å². The Morgan fingerprint density at radius 1 is 1.03 bits per heavy atom. The molecule has 0 saturated carbocycles. The van der Waals surface area contributed by atoms with Crippen molar-refractivity contribution in [1.82, 2.24) is 5.32 Å². The summed E-state index contributed by atoms with van der Waals surface area (Å²) in [7, 11) is 0. The molecule has 6 nitrogen and oxygen atoms in total. The number of nitrogens with one attached hydrogen (secondary N) is 1. The van der Waals surface area contributed by atoms with Gasteiger partial charge in [-0.1, -0.05) is 12.1 Å². The van der Waals surface area contributed by atoms with Crippen LogP contribution in [0, 0.1) is 5.41 Å². The molecule has 0 fully saturated rings. The molecule has 170 valence electrons. The van der Waals surface area contributed by atoms with Crippen LogP contribution < -0.4 is 5.32 Å².